The average Bonchev–Trinajstić information content (AvgIpc) is 2.31. The molecule has 0 radical (unpaired) electrons. The summed E-state index contributed by atoms with van der Waals surface area (Å²) in [5.41, 5.74) is 0.879. The second-order valence-corrected chi connectivity index (χ2v) is 4.80. The number of hydrogen-bond donors (Lipinski definition) is 0. The Morgan fingerprint density at radius 3 is 2.72 bits per heavy atom. The highest BCUT2D eigenvalue weighted by atomic mass is 35.5. The Bertz CT molecular complexity index is 409. The van der Waals surface area contributed by atoms with Crippen molar-refractivity contribution in [1.82, 2.24) is 0 Å². The fraction of sp³-hybridized carbons (Fsp3) is 0.538. The Hall–Kier alpha value is -1.29. The predicted molar refractivity (Wildman–Crippen MR) is 72.4 cm³/mol. The highest BCUT2D eigenvalue weighted by molar-refractivity contribution is 6.17. The molecular weight excluding hydrogens is 254 g/mol. The maximum atomic E-state index is 10.6. The smallest absolute Gasteiger partial charge is 0.269 e. The lowest BCUT2D eigenvalue weighted by Crippen LogP contribution is -2.05. The van der Waals surface area contributed by atoms with Crippen molar-refractivity contribution in [3.63, 3.8) is 0 Å². The monoisotopic (exact) mass is 271 g/mol. The van der Waals surface area contributed by atoms with E-state index in [0.29, 0.717) is 24.2 Å². The maximum absolute atomic E-state index is 10.6. The Morgan fingerprint density at radius 1 is 1.44 bits per heavy atom. The third-order valence-corrected chi connectivity index (χ3v) is 3.06. The van der Waals surface area contributed by atoms with Gasteiger partial charge in [-0.05, 0) is 37.3 Å². The number of benzene rings is 1. The number of hydrogen-bond acceptors (Lipinski definition) is 3. The molecule has 5 heteroatoms. The molecule has 0 spiro atoms. The van der Waals surface area contributed by atoms with Gasteiger partial charge in [-0.25, -0.2) is 0 Å². The van der Waals surface area contributed by atoms with Crippen LogP contribution in [0.2, 0.25) is 0 Å². The van der Waals surface area contributed by atoms with Crippen molar-refractivity contribution in [2.24, 2.45) is 5.92 Å². The lowest BCUT2D eigenvalue weighted by atomic mass is 10.1. The standard InChI is InChI=1S/C13H18ClNO3/c1-10(5-7-14)6-8-18-13-4-3-12(15(16)17)9-11(13)2/h3-4,9-10H,5-8H2,1-2H3. The van der Waals surface area contributed by atoms with Crippen molar-refractivity contribution in [3.8, 4) is 5.75 Å². The van der Waals surface area contributed by atoms with Crippen LogP contribution in [-0.4, -0.2) is 17.4 Å². The molecule has 0 bridgehead atoms. The molecule has 0 aliphatic carbocycles. The Labute approximate surface area is 112 Å². The van der Waals surface area contributed by atoms with Gasteiger partial charge < -0.3 is 4.74 Å². The molecule has 0 aliphatic rings. The van der Waals surface area contributed by atoms with Gasteiger partial charge in [-0.3, -0.25) is 10.1 Å². The summed E-state index contributed by atoms with van der Waals surface area (Å²) in [5, 5.41) is 10.6. The first-order valence-corrected chi connectivity index (χ1v) is 6.52. The number of nitrogens with zero attached hydrogens (tertiary/aromatic N) is 1. The Morgan fingerprint density at radius 2 is 2.17 bits per heavy atom. The van der Waals surface area contributed by atoms with Gasteiger partial charge in [-0.1, -0.05) is 6.92 Å². The quantitative estimate of drug-likeness (QED) is 0.429. The normalized spacial score (nSPS) is 12.2. The van der Waals surface area contributed by atoms with Crippen molar-refractivity contribution in [2.45, 2.75) is 26.7 Å². The molecule has 0 aromatic heterocycles. The van der Waals surface area contributed by atoms with Gasteiger partial charge in [0.05, 0.1) is 11.5 Å². The van der Waals surface area contributed by atoms with Crippen LogP contribution in [-0.2, 0) is 0 Å². The number of non-ortho nitro benzene ring substituents is 1. The molecule has 0 saturated heterocycles. The number of halogens is 1. The Balaban J connectivity index is 2.50. The summed E-state index contributed by atoms with van der Waals surface area (Å²) in [6.07, 6.45) is 1.91. The summed E-state index contributed by atoms with van der Waals surface area (Å²) < 4.78 is 5.62. The van der Waals surface area contributed by atoms with Gasteiger partial charge in [0.1, 0.15) is 5.75 Å². The number of alkyl halides is 1. The molecule has 0 N–H and O–H groups in total. The van der Waals surface area contributed by atoms with Crippen LogP contribution in [0.5, 0.6) is 5.75 Å². The maximum Gasteiger partial charge on any atom is 0.269 e. The molecule has 18 heavy (non-hydrogen) atoms. The van der Waals surface area contributed by atoms with Crippen molar-refractivity contribution >= 4 is 17.3 Å². The van der Waals surface area contributed by atoms with Crippen molar-refractivity contribution in [2.75, 3.05) is 12.5 Å². The van der Waals surface area contributed by atoms with Crippen LogP contribution in [0.1, 0.15) is 25.3 Å². The van der Waals surface area contributed by atoms with Crippen LogP contribution in [0.3, 0.4) is 0 Å². The third kappa shape index (κ3) is 4.53. The van der Waals surface area contributed by atoms with Gasteiger partial charge in [-0.15, -0.1) is 11.6 Å². The van der Waals surface area contributed by atoms with E-state index < -0.39 is 4.92 Å². The van der Waals surface area contributed by atoms with Crippen molar-refractivity contribution in [3.05, 3.63) is 33.9 Å². The van der Waals surface area contributed by atoms with E-state index in [1.807, 2.05) is 6.92 Å². The molecular formula is C13H18ClNO3. The molecule has 1 atom stereocenters. The number of ether oxygens (including phenoxy) is 1. The summed E-state index contributed by atoms with van der Waals surface area (Å²) in [5.74, 6) is 1.90. The van der Waals surface area contributed by atoms with Gasteiger partial charge in [0.15, 0.2) is 0 Å². The molecule has 4 nitrogen and oxygen atoms in total. The van der Waals surface area contributed by atoms with Crippen molar-refractivity contribution < 1.29 is 9.66 Å². The van der Waals surface area contributed by atoms with E-state index in [1.165, 1.54) is 12.1 Å². The van der Waals surface area contributed by atoms with E-state index >= 15 is 0 Å². The van der Waals surface area contributed by atoms with E-state index in [0.717, 1.165) is 18.4 Å². The zero-order chi connectivity index (χ0) is 13.5. The highest BCUT2D eigenvalue weighted by Crippen LogP contribution is 2.23. The fourth-order valence-electron chi connectivity index (χ4n) is 1.61. The first-order valence-electron chi connectivity index (χ1n) is 5.98. The van der Waals surface area contributed by atoms with E-state index in [1.54, 1.807) is 6.07 Å². The number of aryl methyl sites for hydroxylation is 1. The molecule has 100 valence electrons. The summed E-state index contributed by atoms with van der Waals surface area (Å²) in [7, 11) is 0. The fourth-order valence-corrected chi connectivity index (χ4v) is 1.98. The molecule has 1 rings (SSSR count). The SMILES string of the molecule is Cc1cc([N+](=O)[O-])ccc1OCCC(C)CCCl. The highest BCUT2D eigenvalue weighted by Gasteiger charge is 2.09. The van der Waals surface area contributed by atoms with Crippen LogP contribution < -0.4 is 4.74 Å². The second kappa shape index (κ2) is 7.21. The van der Waals surface area contributed by atoms with Crippen LogP contribution in [0.15, 0.2) is 18.2 Å². The van der Waals surface area contributed by atoms with Crippen LogP contribution in [0.4, 0.5) is 5.69 Å². The molecule has 1 aromatic carbocycles. The zero-order valence-electron chi connectivity index (χ0n) is 10.7. The minimum Gasteiger partial charge on any atom is -0.493 e. The van der Waals surface area contributed by atoms with Crippen LogP contribution >= 0.6 is 11.6 Å². The number of nitro groups is 1. The summed E-state index contributed by atoms with van der Waals surface area (Å²) >= 11 is 5.66. The Kier molecular flexibility index (Phi) is 5.92. The molecule has 0 saturated carbocycles. The minimum atomic E-state index is -0.403. The van der Waals surface area contributed by atoms with E-state index in [4.69, 9.17) is 16.3 Å². The summed E-state index contributed by atoms with van der Waals surface area (Å²) in [6, 6.07) is 4.64. The zero-order valence-corrected chi connectivity index (χ0v) is 11.4. The van der Waals surface area contributed by atoms with Crippen molar-refractivity contribution in [1.29, 1.82) is 0 Å². The van der Waals surface area contributed by atoms with E-state index in [9.17, 15) is 10.1 Å². The van der Waals surface area contributed by atoms with Gasteiger partial charge in [0, 0.05) is 18.0 Å². The second-order valence-electron chi connectivity index (χ2n) is 4.43. The van der Waals surface area contributed by atoms with Gasteiger partial charge >= 0.3 is 0 Å². The third-order valence-electron chi connectivity index (χ3n) is 2.84. The van der Waals surface area contributed by atoms with E-state index in [-0.39, 0.29) is 5.69 Å². The molecule has 0 fully saturated rings. The lowest BCUT2D eigenvalue weighted by Gasteiger charge is -2.12. The molecule has 1 unspecified atom stereocenters. The minimum absolute atomic E-state index is 0.0929. The lowest BCUT2D eigenvalue weighted by molar-refractivity contribution is -0.384. The first kappa shape index (κ1) is 14.8. The van der Waals surface area contributed by atoms with Crippen LogP contribution in [0, 0.1) is 23.0 Å². The topological polar surface area (TPSA) is 52.4 Å². The van der Waals surface area contributed by atoms with Gasteiger partial charge in [0.25, 0.3) is 5.69 Å². The van der Waals surface area contributed by atoms with Gasteiger partial charge in [0.2, 0.25) is 0 Å². The number of nitro benzene ring substituents is 1. The van der Waals surface area contributed by atoms with E-state index in [2.05, 4.69) is 6.92 Å². The first-order chi connectivity index (χ1) is 8.54. The largest absolute Gasteiger partial charge is 0.493 e. The predicted octanol–water partition coefficient (Wildman–Crippen LogP) is 3.94. The summed E-state index contributed by atoms with van der Waals surface area (Å²) in [6.45, 7) is 4.55. The number of rotatable bonds is 7. The van der Waals surface area contributed by atoms with Crippen LogP contribution in [0.25, 0.3) is 0 Å². The summed E-state index contributed by atoms with van der Waals surface area (Å²) in [4.78, 5) is 10.2. The average molecular weight is 272 g/mol. The van der Waals surface area contributed by atoms with Gasteiger partial charge in [-0.2, -0.15) is 0 Å². The molecule has 0 amide bonds. The molecule has 1 aromatic rings. The molecule has 0 aliphatic heterocycles. The molecule has 0 heterocycles.